The Hall–Kier alpha value is -2.44. The Labute approximate surface area is 182 Å². The molecule has 2 N–H and O–H groups in total. The second-order valence-electron chi connectivity index (χ2n) is 9.85. The zero-order chi connectivity index (χ0) is 22.0. The van der Waals surface area contributed by atoms with Crippen LogP contribution in [0, 0.1) is 29.0 Å². The standard InChI is InChI=1S/C24H31FN2O4/c1-15(23(30)27-13-16-2-4-20(25)5-3-16)31-22(29)14-26-21(28)12-24-9-17-6-18(10-24)8-19(7-17)11-24/h2-5,15,17-19H,6-14H2,1H3,(H,26,28)(H,27,30)/t15-,17?,18?,19?,24?/m0/s1. The Bertz CT molecular complexity index is 803. The molecule has 5 rings (SSSR count). The third-order valence-corrected chi connectivity index (χ3v) is 7.19. The molecule has 0 radical (unpaired) electrons. The van der Waals surface area contributed by atoms with Crippen molar-refractivity contribution >= 4 is 17.8 Å². The zero-order valence-electron chi connectivity index (χ0n) is 18.0. The van der Waals surface area contributed by atoms with E-state index in [0.717, 1.165) is 42.6 Å². The van der Waals surface area contributed by atoms with Crippen molar-refractivity contribution in [1.82, 2.24) is 10.6 Å². The molecule has 0 aliphatic heterocycles. The maximum atomic E-state index is 12.9. The van der Waals surface area contributed by atoms with E-state index in [1.165, 1.54) is 38.3 Å². The van der Waals surface area contributed by atoms with Crippen LogP contribution in [0.1, 0.15) is 57.4 Å². The van der Waals surface area contributed by atoms with E-state index < -0.39 is 18.0 Å². The lowest BCUT2D eigenvalue weighted by Gasteiger charge is -2.56. The lowest BCUT2D eigenvalue weighted by atomic mass is 9.49. The summed E-state index contributed by atoms with van der Waals surface area (Å²) in [5.74, 6) is 0.797. The van der Waals surface area contributed by atoms with Crippen LogP contribution in [0.3, 0.4) is 0 Å². The molecule has 6 nitrogen and oxygen atoms in total. The molecule has 0 aromatic heterocycles. The van der Waals surface area contributed by atoms with Gasteiger partial charge in [-0.15, -0.1) is 0 Å². The number of halogens is 1. The van der Waals surface area contributed by atoms with Crippen molar-refractivity contribution in [2.45, 2.75) is 64.5 Å². The fourth-order valence-corrected chi connectivity index (χ4v) is 6.31. The smallest absolute Gasteiger partial charge is 0.326 e. The average Bonchev–Trinajstić information content (AvgIpc) is 2.70. The van der Waals surface area contributed by atoms with Gasteiger partial charge in [-0.05, 0) is 86.3 Å². The maximum Gasteiger partial charge on any atom is 0.326 e. The van der Waals surface area contributed by atoms with Gasteiger partial charge in [-0.1, -0.05) is 12.1 Å². The van der Waals surface area contributed by atoms with Gasteiger partial charge in [-0.3, -0.25) is 14.4 Å². The van der Waals surface area contributed by atoms with Gasteiger partial charge in [-0.25, -0.2) is 4.39 Å². The van der Waals surface area contributed by atoms with Crippen molar-refractivity contribution in [3.05, 3.63) is 35.6 Å². The Morgan fingerprint density at radius 3 is 2.19 bits per heavy atom. The summed E-state index contributed by atoms with van der Waals surface area (Å²) in [6.07, 6.45) is 6.91. The highest BCUT2D eigenvalue weighted by atomic mass is 19.1. The number of ether oxygens (including phenoxy) is 1. The summed E-state index contributed by atoms with van der Waals surface area (Å²) < 4.78 is 18.1. The first kappa shape index (κ1) is 21.8. The third kappa shape index (κ3) is 5.43. The summed E-state index contributed by atoms with van der Waals surface area (Å²) in [5, 5.41) is 5.33. The minimum absolute atomic E-state index is 0.104. The van der Waals surface area contributed by atoms with E-state index >= 15 is 0 Å². The summed E-state index contributed by atoms with van der Waals surface area (Å²) in [7, 11) is 0. The van der Waals surface area contributed by atoms with Crippen molar-refractivity contribution in [2.75, 3.05) is 6.54 Å². The third-order valence-electron chi connectivity index (χ3n) is 7.19. The number of rotatable bonds is 8. The fraction of sp³-hybridized carbons (Fsp3) is 0.625. The molecule has 4 aliphatic carbocycles. The minimum Gasteiger partial charge on any atom is -0.451 e. The first-order valence-corrected chi connectivity index (χ1v) is 11.3. The second-order valence-corrected chi connectivity index (χ2v) is 9.85. The summed E-state index contributed by atoms with van der Waals surface area (Å²) in [4.78, 5) is 36.7. The van der Waals surface area contributed by atoms with Crippen molar-refractivity contribution in [3.8, 4) is 0 Å². The molecule has 4 bridgehead atoms. The molecule has 4 saturated carbocycles. The van der Waals surface area contributed by atoms with E-state index in [1.807, 2.05) is 0 Å². The van der Waals surface area contributed by atoms with Gasteiger partial charge in [0.05, 0.1) is 0 Å². The Morgan fingerprint density at radius 2 is 1.61 bits per heavy atom. The van der Waals surface area contributed by atoms with E-state index in [0.29, 0.717) is 6.42 Å². The van der Waals surface area contributed by atoms with Crippen LogP contribution in [0.4, 0.5) is 4.39 Å². The van der Waals surface area contributed by atoms with Crippen LogP contribution in [0.2, 0.25) is 0 Å². The highest BCUT2D eigenvalue weighted by molar-refractivity contribution is 5.86. The zero-order valence-corrected chi connectivity index (χ0v) is 18.0. The molecule has 31 heavy (non-hydrogen) atoms. The summed E-state index contributed by atoms with van der Waals surface area (Å²) in [5.41, 5.74) is 0.862. The summed E-state index contributed by atoms with van der Waals surface area (Å²) >= 11 is 0. The Morgan fingerprint density at radius 1 is 1.03 bits per heavy atom. The largest absolute Gasteiger partial charge is 0.451 e. The van der Waals surface area contributed by atoms with E-state index in [4.69, 9.17) is 4.74 Å². The SMILES string of the molecule is C[C@H](OC(=O)CNC(=O)CC12CC3CC(CC(C3)C1)C2)C(=O)NCc1ccc(F)cc1. The number of amides is 2. The van der Waals surface area contributed by atoms with Gasteiger partial charge in [-0.2, -0.15) is 0 Å². The molecule has 0 unspecified atom stereocenters. The molecule has 2 amide bonds. The minimum atomic E-state index is -0.979. The summed E-state index contributed by atoms with van der Waals surface area (Å²) in [6, 6.07) is 5.78. The predicted molar refractivity (Wildman–Crippen MR) is 112 cm³/mol. The van der Waals surface area contributed by atoms with Crippen molar-refractivity contribution in [2.24, 2.45) is 23.2 Å². The molecule has 4 aliphatic rings. The van der Waals surface area contributed by atoms with Crippen LogP contribution in [0.15, 0.2) is 24.3 Å². The molecule has 0 spiro atoms. The highest BCUT2D eigenvalue weighted by Crippen LogP contribution is 2.61. The van der Waals surface area contributed by atoms with Gasteiger partial charge < -0.3 is 15.4 Å². The van der Waals surface area contributed by atoms with Gasteiger partial charge in [0, 0.05) is 13.0 Å². The molecule has 4 fully saturated rings. The van der Waals surface area contributed by atoms with Crippen LogP contribution in [-0.2, 0) is 25.7 Å². The average molecular weight is 431 g/mol. The molecular weight excluding hydrogens is 399 g/mol. The number of benzene rings is 1. The lowest BCUT2D eigenvalue weighted by molar-refractivity contribution is -0.154. The number of hydrogen-bond donors (Lipinski definition) is 2. The van der Waals surface area contributed by atoms with Crippen LogP contribution in [0.5, 0.6) is 0 Å². The van der Waals surface area contributed by atoms with Gasteiger partial charge in [0.15, 0.2) is 6.10 Å². The van der Waals surface area contributed by atoms with Crippen LogP contribution >= 0.6 is 0 Å². The molecule has 168 valence electrons. The quantitative estimate of drug-likeness (QED) is 0.621. The topological polar surface area (TPSA) is 84.5 Å². The maximum absolute atomic E-state index is 12.9. The molecule has 7 heteroatoms. The number of esters is 1. The molecular formula is C24H31FN2O4. The molecule has 0 heterocycles. The predicted octanol–water partition coefficient (Wildman–Crippen LogP) is 3.10. The van der Waals surface area contributed by atoms with Gasteiger partial charge in [0.2, 0.25) is 5.91 Å². The van der Waals surface area contributed by atoms with E-state index in [-0.39, 0.29) is 30.2 Å². The van der Waals surface area contributed by atoms with Gasteiger partial charge in [0.25, 0.3) is 5.91 Å². The monoisotopic (exact) mass is 430 g/mol. The molecule has 0 saturated heterocycles. The second kappa shape index (κ2) is 8.97. The Balaban J connectivity index is 1.17. The van der Waals surface area contributed by atoms with Crippen LogP contribution in [-0.4, -0.2) is 30.4 Å². The highest BCUT2D eigenvalue weighted by Gasteiger charge is 2.51. The number of carbonyl (C=O) groups excluding carboxylic acids is 3. The first-order valence-electron chi connectivity index (χ1n) is 11.3. The van der Waals surface area contributed by atoms with E-state index in [2.05, 4.69) is 10.6 Å². The lowest BCUT2D eigenvalue weighted by Crippen LogP contribution is -2.48. The van der Waals surface area contributed by atoms with Crippen LogP contribution in [0.25, 0.3) is 0 Å². The molecule has 1 aromatic rings. The fourth-order valence-electron chi connectivity index (χ4n) is 6.31. The molecule has 1 aromatic carbocycles. The van der Waals surface area contributed by atoms with Gasteiger partial charge >= 0.3 is 5.97 Å². The van der Waals surface area contributed by atoms with E-state index in [9.17, 15) is 18.8 Å². The number of carbonyl (C=O) groups is 3. The van der Waals surface area contributed by atoms with Crippen molar-refractivity contribution in [1.29, 1.82) is 0 Å². The normalized spacial score (nSPS) is 29.3. The van der Waals surface area contributed by atoms with Crippen molar-refractivity contribution < 1.29 is 23.5 Å². The Kier molecular flexibility index (Phi) is 6.30. The first-order chi connectivity index (χ1) is 14.8. The van der Waals surface area contributed by atoms with Crippen molar-refractivity contribution in [3.63, 3.8) is 0 Å². The van der Waals surface area contributed by atoms with Gasteiger partial charge in [0.1, 0.15) is 12.4 Å². The van der Waals surface area contributed by atoms with E-state index in [1.54, 1.807) is 12.1 Å². The number of hydrogen-bond acceptors (Lipinski definition) is 4. The van der Waals surface area contributed by atoms with Crippen LogP contribution < -0.4 is 10.6 Å². The number of nitrogens with one attached hydrogen (secondary N) is 2. The molecule has 1 atom stereocenters. The summed E-state index contributed by atoms with van der Waals surface area (Å²) in [6.45, 7) is 1.46.